The van der Waals surface area contributed by atoms with Crippen molar-refractivity contribution in [3.63, 3.8) is 0 Å². The molecule has 2 heterocycles. The number of benzene rings is 1. The molecule has 1 aliphatic rings. The summed E-state index contributed by atoms with van der Waals surface area (Å²) in [5, 5.41) is 13.9. The summed E-state index contributed by atoms with van der Waals surface area (Å²) < 4.78 is 17.6. The number of nitro groups is 1. The van der Waals surface area contributed by atoms with E-state index in [-0.39, 0.29) is 28.6 Å². The van der Waals surface area contributed by atoms with Gasteiger partial charge in [0.15, 0.2) is 5.58 Å². The molecule has 1 aromatic heterocycles. The zero-order valence-electron chi connectivity index (χ0n) is 10.3. The number of hydrogen-bond acceptors (Lipinski definition) is 6. The monoisotopic (exact) mass is 317 g/mol. The maximum atomic E-state index is 12.2. The molecule has 20 heavy (non-hydrogen) atoms. The molecule has 2 aromatic rings. The predicted molar refractivity (Wildman–Crippen MR) is 75.6 cm³/mol. The number of halogens is 1. The number of hydrogen-bond donors (Lipinski definition) is 1. The Morgan fingerprint density at radius 3 is 2.95 bits per heavy atom. The molecule has 1 N–H and O–H groups in total. The van der Waals surface area contributed by atoms with E-state index in [1.807, 2.05) is 0 Å². The van der Waals surface area contributed by atoms with Crippen LogP contribution < -0.4 is 5.32 Å². The molecule has 0 radical (unpaired) electrons. The van der Waals surface area contributed by atoms with Crippen molar-refractivity contribution in [2.24, 2.45) is 0 Å². The van der Waals surface area contributed by atoms with E-state index in [0.717, 1.165) is 13.0 Å². The first-order valence-corrected chi connectivity index (χ1v) is 7.03. The number of fused-ring (bicyclic) bond motifs is 1. The van der Waals surface area contributed by atoms with Gasteiger partial charge in [-0.25, -0.2) is 9.19 Å². The third kappa shape index (κ3) is 2.67. The zero-order valence-corrected chi connectivity index (χ0v) is 11.9. The lowest BCUT2D eigenvalue weighted by Crippen LogP contribution is -2.18. The molecule has 9 heteroatoms. The summed E-state index contributed by atoms with van der Waals surface area (Å²) in [4.78, 5) is 14.3. The van der Waals surface area contributed by atoms with Crippen molar-refractivity contribution in [3.8, 4) is 0 Å². The van der Waals surface area contributed by atoms with Crippen molar-refractivity contribution in [1.82, 2.24) is 10.3 Å². The molecule has 1 saturated heterocycles. The second-order valence-corrected chi connectivity index (χ2v) is 5.91. The topological polar surface area (TPSA) is 98.3 Å². The van der Waals surface area contributed by atoms with Gasteiger partial charge in [-0.2, -0.15) is 0 Å². The summed E-state index contributed by atoms with van der Waals surface area (Å²) in [6.07, 6.45) is 0.811. The molecule has 1 unspecified atom stereocenters. The molecule has 0 saturated carbocycles. The van der Waals surface area contributed by atoms with E-state index in [4.69, 9.17) is 4.42 Å². The van der Waals surface area contributed by atoms with Crippen molar-refractivity contribution < 1.29 is 13.5 Å². The fourth-order valence-corrected chi connectivity index (χ4v) is 3.29. The van der Waals surface area contributed by atoms with Gasteiger partial charge in [0.05, 0.1) is 10.2 Å². The standard InChI is InChI=1S/C11H11N3O4S.ClH/c15-14(16)7-1-2-10-9(5-7)13-11(18-10)19(17)8-3-4-12-6-8;/h1-2,5,8,12H,3-4,6H2;1H/t8-,19?;/m0./s1. The van der Waals surface area contributed by atoms with Gasteiger partial charge in [-0.05, 0) is 19.0 Å². The van der Waals surface area contributed by atoms with Crippen LogP contribution in [-0.2, 0) is 10.8 Å². The van der Waals surface area contributed by atoms with Crippen LogP contribution in [0.2, 0.25) is 0 Å². The van der Waals surface area contributed by atoms with Gasteiger partial charge < -0.3 is 9.73 Å². The SMILES string of the molecule is Cl.O=[N+]([O-])c1ccc2oc(S(=O)[C@H]3CCNC3)nc2c1. The van der Waals surface area contributed by atoms with Gasteiger partial charge in [0, 0.05) is 18.7 Å². The fraction of sp³-hybridized carbons (Fsp3) is 0.364. The Morgan fingerprint density at radius 1 is 1.50 bits per heavy atom. The number of oxazole rings is 1. The van der Waals surface area contributed by atoms with Gasteiger partial charge in [-0.3, -0.25) is 10.1 Å². The molecule has 0 bridgehead atoms. The number of nitrogens with one attached hydrogen (secondary N) is 1. The summed E-state index contributed by atoms with van der Waals surface area (Å²) in [5.74, 6) is 0. The average molecular weight is 318 g/mol. The van der Waals surface area contributed by atoms with Crippen LogP contribution in [0.4, 0.5) is 5.69 Å². The third-order valence-electron chi connectivity index (χ3n) is 3.05. The van der Waals surface area contributed by atoms with Gasteiger partial charge >= 0.3 is 0 Å². The lowest BCUT2D eigenvalue weighted by Gasteiger charge is -2.02. The Hall–Kier alpha value is -1.51. The van der Waals surface area contributed by atoms with E-state index < -0.39 is 15.7 Å². The van der Waals surface area contributed by atoms with Crippen LogP contribution in [-0.4, -0.2) is 32.5 Å². The van der Waals surface area contributed by atoms with Crippen LogP contribution in [0.15, 0.2) is 27.8 Å². The van der Waals surface area contributed by atoms with Crippen molar-refractivity contribution in [2.45, 2.75) is 16.9 Å². The fourth-order valence-electron chi connectivity index (χ4n) is 2.05. The molecule has 3 rings (SSSR count). The zero-order chi connectivity index (χ0) is 13.4. The van der Waals surface area contributed by atoms with Crippen LogP contribution in [0.3, 0.4) is 0 Å². The molecular formula is C11H12ClN3O4S. The summed E-state index contributed by atoms with van der Waals surface area (Å²) >= 11 is 0. The summed E-state index contributed by atoms with van der Waals surface area (Å²) in [6.45, 7) is 1.51. The molecule has 0 aliphatic carbocycles. The quantitative estimate of drug-likeness (QED) is 0.682. The summed E-state index contributed by atoms with van der Waals surface area (Å²) in [7, 11) is -1.32. The minimum atomic E-state index is -1.32. The van der Waals surface area contributed by atoms with E-state index in [0.29, 0.717) is 17.6 Å². The minimum absolute atomic E-state index is 0. The molecule has 108 valence electrons. The van der Waals surface area contributed by atoms with Crippen LogP contribution in [0.25, 0.3) is 11.1 Å². The molecule has 0 spiro atoms. The van der Waals surface area contributed by atoms with E-state index in [1.54, 1.807) is 0 Å². The van der Waals surface area contributed by atoms with Crippen molar-refractivity contribution in [1.29, 1.82) is 0 Å². The highest BCUT2D eigenvalue weighted by Crippen LogP contribution is 2.24. The van der Waals surface area contributed by atoms with Crippen molar-refractivity contribution >= 4 is 40.0 Å². The highest BCUT2D eigenvalue weighted by Gasteiger charge is 2.26. The molecule has 2 atom stereocenters. The third-order valence-corrected chi connectivity index (χ3v) is 4.58. The van der Waals surface area contributed by atoms with Crippen LogP contribution in [0, 0.1) is 10.1 Å². The molecule has 1 fully saturated rings. The van der Waals surface area contributed by atoms with Gasteiger partial charge in [0.2, 0.25) is 0 Å². The predicted octanol–water partition coefficient (Wildman–Crippen LogP) is 1.63. The van der Waals surface area contributed by atoms with Gasteiger partial charge in [-0.1, -0.05) is 0 Å². The van der Waals surface area contributed by atoms with E-state index in [1.165, 1.54) is 18.2 Å². The Kier molecular flexibility index (Phi) is 4.36. The number of rotatable bonds is 3. The maximum Gasteiger partial charge on any atom is 0.288 e. The molecule has 1 aromatic carbocycles. The van der Waals surface area contributed by atoms with Crippen LogP contribution in [0.1, 0.15) is 6.42 Å². The highest BCUT2D eigenvalue weighted by molar-refractivity contribution is 7.85. The normalized spacial score (nSPS) is 19.7. The Labute approximate surface area is 122 Å². The van der Waals surface area contributed by atoms with Crippen molar-refractivity contribution in [2.75, 3.05) is 13.1 Å². The van der Waals surface area contributed by atoms with Crippen molar-refractivity contribution in [3.05, 3.63) is 28.3 Å². The molecular weight excluding hydrogens is 306 g/mol. The largest absolute Gasteiger partial charge is 0.430 e. The number of aromatic nitrogens is 1. The minimum Gasteiger partial charge on any atom is -0.430 e. The lowest BCUT2D eigenvalue weighted by atomic mass is 10.3. The smallest absolute Gasteiger partial charge is 0.288 e. The summed E-state index contributed by atoms with van der Waals surface area (Å²) in [5.41, 5.74) is 0.726. The average Bonchev–Trinajstić information content (AvgIpc) is 3.06. The highest BCUT2D eigenvalue weighted by atomic mass is 35.5. The van der Waals surface area contributed by atoms with Crippen LogP contribution in [0.5, 0.6) is 0 Å². The van der Waals surface area contributed by atoms with Gasteiger partial charge in [0.25, 0.3) is 10.9 Å². The van der Waals surface area contributed by atoms with E-state index in [9.17, 15) is 14.3 Å². The lowest BCUT2D eigenvalue weighted by molar-refractivity contribution is -0.384. The number of non-ortho nitro benzene ring substituents is 1. The first-order valence-electron chi connectivity index (χ1n) is 5.81. The van der Waals surface area contributed by atoms with E-state index in [2.05, 4.69) is 10.3 Å². The van der Waals surface area contributed by atoms with E-state index >= 15 is 0 Å². The maximum absolute atomic E-state index is 12.2. The van der Waals surface area contributed by atoms with Gasteiger partial charge in [0.1, 0.15) is 16.3 Å². The Bertz CT molecular complexity index is 669. The second kappa shape index (κ2) is 5.86. The first-order chi connectivity index (χ1) is 9.15. The van der Waals surface area contributed by atoms with Crippen LogP contribution >= 0.6 is 12.4 Å². The van der Waals surface area contributed by atoms with Gasteiger partial charge in [-0.15, -0.1) is 12.4 Å². The molecule has 7 nitrogen and oxygen atoms in total. The Morgan fingerprint density at radius 2 is 2.30 bits per heavy atom. The molecule has 1 aliphatic heterocycles. The Balaban J connectivity index is 0.00000147. The first kappa shape index (κ1) is 14.9. The molecule has 0 amide bonds. The number of nitro benzene ring substituents is 1. The number of nitrogens with zero attached hydrogens (tertiary/aromatic N) is 2. The summed E-state index contributed by atoms with van der Waals surface area (Å²) in [6, 6.07) is 4.15. The second-order valence-electron chi connectivity index (χ2n) is 4.30.